The maximum atomic E-state index is 13.8. The van der Waals surface area contributed by atoms with Crippen molar-refractivity contribution < 1.29 is 13.9 Å². The van der Waals surface area contributed by atoms with Gasteiger partial charge in [0.1, 0.15) is 22.8 Å². The number of likely N-dealkylation sites (tertiary alicyclic amines) is 1. The summed E-state index contributed by atoms with van der Waals surface area (Å²) in [7, 11) is 0. The number of H-pyrrole nitrogens is 1. The van der Waals surface area contributed by atoms with E-state index in [2.05, 4.69) is 20.5 Å². The zero-order valence-corrected chi connectivity index (χ0v) is 13.2. The second-order valence-electron chi connectivity index (χ2n) is 6.19. The van der Waals surface area contributed by atoms with Gasteiger partial charge in [0.05, 0.1) is 11.9 Å². The molecule has 1 fully saturated rings. The lowest BCUT2D eigenvalue weighted by Gasteiger charge is -2.20. The highest BCUT2D eigenvalue weighted by atomic mass is 19.1. The molecule has 0 aliphatic carbocycles. The molecule has 7 nitrogen and oxygen atoms in total. The van der Waals surface area contributed by atoms with Crippen molar-refractivity contribution in [3.8, 4) is 5.69 Å². The molecule has 0 spiro atoms. The molecule has 3 aromatic rings. The molecule has 1 aliphatic rings. The molecule has 1 atom stereocenters. The number of aliphatic hydroxyl groups is 1. The van der Waals surface area contributed by atoms with Crippen LogP contribution in [0.25, 0.3) is 5.69 Å². The van der Waals surface area contributed by atoms with Gasteiger partial charge in [0, 0.05) is 31.9 Å². The van der Waals surface area contributed by atoms with Gasteiger partial charge in [-0.15, -0.1) is 0 Å². The minimum absolute atomic E-state index is 0.188. The first-order chi connectivity index (χ1) is 12.0. The van der Waals surface area contributed by atoms with Gasteiger partial charge in [-0.25, -0.2) is 13.5 Å². The van der Waals surface area contributed by atoms with Gasteiger partial charge in [0.25, 0.3) is 0 Å². The molecule has 3 heterocycles. The summed E-state index contributed by atoms with van der Waals surface area (Å²) < 4.78 is 28.2. The number of aromatic nitrogens is 5. The van der Waals surface area contributed by atoms with E-state index in [1.165, 1.54) is 23.0 Å². The van der Waals surface area contributed by atoms with E-state index in [-0.39, 0.29) is 5.69 Å². The van der Waals surface area contributed by atoms with Crippen molar-refractivity contribution in [1.82, 2.24) is 30.1 Å². The molecule has 1 aromatic carbocycles. The Labute approximate surface area is 141 Å². The van der Waals surface area contributed by atoms with E-state index in [0.29, 0.717) is 31.7 Å². The SMILES string of the molecule is OC1(c2cn[nH]n2)CCN(Cc2ccn(-c3ccc(F)cc3F)n2)C1. The number of nitrogens with one attached hydrogen (secondary N) is 1. The number of aromatic amines is 1. The van der Waals surface area contributed by atoms with Gasteiger partial charge in [-0.2, -0.15) is 20.5 Å². The van der Waals surface area contributed by atoms with Gasteiger partial charge in [0.15, 0.2) is 5.82 Å². The predicted octanol–water partition coefficient (Wildman–Crippen LogP) is 1.36. The Bertz CT molecular complexity index is 881. The van der Waals surface area contributed by atoms with Gasteiger partial charge < -0.3 is 5.11 Å². The number of hydrogen-bond acceptors (Lipinski definition) is 5. The van der Waals surface area contributed by atoms with Crippen molar-refractivity contribution in [3.63, 3.8) is 0 Å². The normalized spacial score (nSPS) is 21.1. The lowest BCUT2D eigenvalue weighted by atomic mass is 10.0. The van der Waals surface area contributed by atoms with Crippen molar-refractivity contribution in [1.29, 1.82) is 0 Å². The smallest absolute Gasteiger partial charge is 0.151 e. The van der Waals surface area contributed by atoms with Crippen molar-refractivity contribution in [2.45, 2.75) is 18.6 Å². The highest BCUT2D eigenvalue weighted by Gasteiger charge is 2.39. The van der Waals surface area contributed by atoms with Gasteiger partial charge in [-0.3, -0.25) is 4.90 Å². The van der Waals surface area contributed by atoms with Crippen molar-refractivity contribution >= 4 is 0 Å². The van der Waals surface area contributed by atoms with E-state index < -0.39 is 17.2 Å². The molecule has 4 rings (SSSR count). The minimum Gasteiger partial charge on any atom is -0.382 e. The van der Waals surface area contributed by atoms with Gasteiger partial charge in [0.2, 0.25) is 0 Å². The molecule has 2 aromatic heterocycles. The third-order valence-corrected chi connectivity index (χ3v) is 4.41. The number of rotatable bonds is 4. The Morgan fingerprint density at radius 3 is 2.92 bits per heavy atom. The van der Waals surface area contributed by atoms with E-state index in [0.717, 1.165) is 11.8 Å². The summed E-state index contributed by atoms with van der Waals surface area (Å²) in [6.45, 7) is 1.61. The largest absolute Gasteiger partial charge is 0.382 e. The first kappa shape index (κ1) is 15.9. The molecule has 25 heavy (non-hydrogen) atoms. The van der Waals surface area contributed by atoms with Crippen LogP contribution in [0.2, 0.25) is 0 Å². The highest BCUT2D eigenvalue weighted by molar-refractivity contribution is 5.33. The molecule has 2 N–H and O–H groups in total. The second kappa shape index (κ2) is 6.01. The maximum absolute atomic E-state index is 13.8. The van der Waals surface area contributed by atoms with Crippen LogP contribution < -0.4 is 0 Å². The molecule has 1 saturated heterocycles. The Kier molecular flexibility index (Phi) is 3.81. The van der Waals surface area contributed by atoms with Crippen LogP contribution in [0.15, 0.2) is 36.7 Å². The summed E-state index contributed by atoms with van der Waals surface area (Å²) in [5.74, 6) is -1.30. The van der Waals surface area contributed by atoms with Crippen molar-refractivity contribution in [3.05, 3.63) is 59.7 Å². The Hall–Kier alpha value is -2.65. The van der Waals surface area contributed by atoms with Crippen LogP contribution in [0.3, 0.4) is 0 Å². The van der Waals surface area contributed by atoms with E-state index in [9.17, 15) is 13.9 Å². The Morgan fingerprint density at radius 2 is 2.16 bits per heavy atom. The summed E-state index contributed by atoms with van der Waals surface area (Å²) in [4.78, 5) is 2.04. The summed E-state index contributed by atoms with van der Waals surface area (Å²) >= 11 is 0. The molecule has 0 amide bonds. The number of nitrogens with zero attached hydrogens (tertiary/aromatic N) is 5. The van der Waals surface area contributed by atoms with E-state index in [1.54, 1.807) is 12.3 Å². The van der Waals surface area contributed by atoms with Crippen molar-refractivity contribution in [2.75, 3.05) is 13.1 Å². The minimum atomic E-state index is -1.03. The number of benzene rings is 1. The molecular weight excluding hydrogens is 330 g/mol. The van der Waals surface area contributed by atoms with Gasteiger partial charge >= 0.3 is 0 Å². The highest BCUT2D eigenvalue weighted by Crippen LogP contribution is 2.30. The molecule has 1 aliphatic heterocycles. The number of halogens is 2. The van der Waals surface area contributed by atoms with Crippen LogP contribution in [0.5, 0.6) is 0 Å². The summed E-state index contributed by atoms with van der Waals surface area (Å²) in [5, 5.41) is 25.2. The fraction of sp³-hybridized carbons (Fsp3) is 0.312. The van der Waals surface area contributed by atoms with Crippen LogP contribution in [0.4, 0.5) is 8.78 Å². The van der Waals surface area contributed by atoms with E-state index in [1.807, 2.05) is 4.90 Å². The maximum Gasteiger partial charge on any atom is 0.151 e. The zero-order valence-electron chi connectivity index (χ0n) is 13.2. The molecule has 9 heteroatoms. The van der Waals surface area contributed by atoms with Gasteiger partial charge in [-0.05, 0) is 24.6 Å². The fourth-order valence-corrected chi connectivity index (χ4v) is 3.12. The van der Waals surface area contributed by atoms with Crippen LogP contribution >= 0.6 is 0 Å². The standard InChI is InChI=1S/C16H16F2N6O/c17-11-1-2-14(13(18)7-11)24-5-3-12(21-24)9-23-6-4-16(25,10-23)15-8-19-22-20-15/h1-3,5,7-8,25H,4,6,9-10H2,(H,19,20,22). The van der Waals surface area contributed by atoms with E-state index in [4.69, 9.17) is 0 Å². The molecule has 1 unspecified atom stereocenters. The third-order valence-electron chi connectivity index (χ3n) is 4.41. The average Bonchev–Trinajstić information content (AvgIpc) is 3.30. The monoisotopic (exact) mass is 346 g/mol. The lowest BCUT2D eigenvalue weighted by Crippen LogP contribution is -2.31. The third kappa shape index (κ3) is 3.03. The summed E-state index contributed by atoms with van der Waals surface area (Å²) in [5.41, 5.74) is 0.411. The molecule has 0 radical (unpaired) electrons. The molecule has 0 bridgehead atoms. The first-order valence-electron chi connectivity index (χ1n) is 7.84. The van der Waals surface area contributed by atoms with E-state index >= 15 is 0 Å². The Morgan fingerprint density at radius 1 is 1.28 bits per heavy atom. The quantitative estimate of drug-likeness (QED) is 0.745. The predicted molar refractivity (Wildman–Crippen MR) is 83.7 cm³/mol. The fourth-order valence-electron chi connectivity index (χ4n) is 3.12. The number of hydrogen-bond donors (Lipinski definition) is 2. The van der Waals surface area contributed by atoms with Crippen molar-refractivity contribution in [2.24, 2.45) is 0 Å². The Balaban J connectivity index is 1.47. The summed E-state index contributed by atoms with van der Waals surface area (Å²) in [6.07, 6.45) is 3.70. The average molecular weight is 346 g/mol. The second-order valence-corrected chi connectivity index (χ2v) is 6.19. The van der Waals surface area contributed by atoms with Crippen LogP contribution in [-0.4, -0.2) is 48.3 Å². The molecule has 130 valence electrons. The zero-order chi connectivity index (χ0) is 17.4. The van der Waals surface area contributed by atoms with Crippen LogP contribution in [0.1, 0.15) is 17.8 Å². The van der Waals surface area contributed by atoms with Gasteiger partial charge in [-0.1, -0.05) is 0 Å². The number of β-amino-alcohol motifs (C(OH)–C–C–N with tert-alkyl or cyclic N) is 1. The molecular formula is C16H16F2N6O. The lowest BCUT2D eigenvalue weighted by molar-refractivity contribution is 0.0407. The molecule has 0 saturated carbocycles. The topological polar surface area (TPSA) is 82.9 Å². The van der Waals surface area contributed by atoms with Crippen LogP contribution in [0, 0.1) is 11.6 Å². The van der Waals surface area contributed by atoms with Crippen LogP contribution in [-0.2, 0) is 12.1 Å². The first-order valence-corrected chi connectivity index (χ1v) is 7.84. The summed E-state index contributed by atoms with van der Waals surface area (Å²) in [6, 6.07) is 5.14.